The minimum atomic E-state index is -4.87. The Kier molecular flexibility index (Phi) is 7.47. The van der Waals surface area contributed by atoms with Crippen molar-refractivity contribution in [3.05, 3.63) is 47.3 Å². The monoisotopic (exact) mass is 493 g/mol. The number of Topliss-reactive ketones (excluding diaryl/α,β-unsaturated/α-hetero) is 1. The molecule has 0 N–H and O–H groups in total. The minimum absolute atomic E-state index is 0.254. The first-order valence-corrected chi connectivity index (χ1v) is 12.2. The average Bonchev–Trinajstić information content (AvgIpc) is 3.27. The molecular weight excluding hydrogens is 459 g/mol. The molecule has 9 heteroatoms. The number of hydrogen-bond acceptors (Lipinski definition) is 5. The van der Waals surface area contributed by atoms with E-state index in [1.165, 1.54) is 6.07 Å². The van der Waals surface area contributed by atoms with E-state index in [9.17, 15) is 18.0 Å². The molecule has 1 spiro atoms. The number of benzene rings is 1. The van der Waals surface area contributed by atoms with Crippen molar-refractivity contribution in [2.45, 2.75) is 57.4 Å². The number of ether oxygens (including phenoxy) is 2. The lowest BCUT2D eigenvalue weighted by molar-refractivity contribution is -0.0892. The van der Waals surface area contributed by atoms with Gasteiger partial charge in [-0.2, -0.15) is 13.2 Å². The molecule has 3 heterocycles. The van der Waals surface area contributed by atoms with Crippen molar-refractivity contribution >= 4 is 5.78 Å². The molecule has 6 nitrogen and oxygen atoms in total. The number of nitrogens with zero attached hydrogens (tertiary/aromatic N) is 3. The number of likely N-dealkylation sites (N-methyl/N-ethyl adjacent to an activating group) is 1. The normalized spacial score (nSPS) is 18.5. The molecule has 1 saturated heterocycles. The van der Waals surface area contributed by atoms with Crippen molar-refractivity contribution in [3.8, 4) is 11.5 Å². The molecule has 0 atom stereocenters. The Morgan fingerprint density at radius 1 is 1.06 bits per heavy atom. The van der Waals surface area contributed by atoms with Crippen molar-refractivity contribution in [2.75, 3.05) is 40.4 Å². The van der Waals surface area contributed by atoms with Gasteiger partial charge in [0.05, 0.1) is 24.9 Å². The number of ketones is 1. The molecular formula is C26H34F3N3O3. The van der Waals surface area contributed by atoms with Crippen LogP contribution in [0, 0.1) is 0 Å². The minimum Gasteiger partial charge on any atom is -0.493 e. The van der Waals surface area contributed by atoms with Crippen molar-refractivity contribution in [1.29, 1.82) is 0 Å². The molecule has 1 aromatic heterocycles. The van der Waals surface area contributed by atoms with E-state index in [-0.39, 0.29) is 11.2 Å². The summed E-state index contributed by atoms with van der Waals surface area (Å²) >= 11 is 0. The van der Waals surface area contributed by atoms with E-state index in [1.54, 1.807) is 17.7 Å². The molecule has 0 unspecified atom stereocenters. The molecule has 0 radical (unpaired) electrons. The molecule has 0 saturated carbocycles. The van der Waals surface area contributed by atoms with Gasteiger partial charge in [0.1, 0.15) is 0 Å². The van der Waals surface area contributed by atoms with E-state index in [2.05, 4.69) is 22.8 Å². The van der Waals surface area contributed by atoms with Crippen LogP contribution in [0.25, 0.3) is 0 Å². The second kappa shape index (κ2) is 10.2. The number of aromatic nitrogens is 1. The first-order valence-electron chi connectivity index (χ1n) is 12.2. The number of carbonyl (C=O) groups is 1. The van der Waals surface area contributed by atoms with Gasteiger partial charge in [0.15, 0.2) is 11.5 Å². The highest BCUT2D eigenvalue weighted by atomic mass is 19.4. The number of hydrogen-bond donors (Lipinski definition) is 0. The fourth-order valence-electron chi connectivity index (χ4n) is 5.35. The Bertz CT molecular complexity index is 1040. The first kappa shape index (κ1) is 25.6. The third kappa shape index (κ3) is 5.07. The molecule has 0 aliphatic carbocycles. The molecule has 4 rings (SSSR count). The van der Waals surface area contributed by atoms with Gasteiger partial charge in [-0.1, -0.05) is 19.4 Å². The van der Waals surface area contributed by atoms with Crippen LogP contribution < -0.4 is 9.47 Å². The fourth-order valence-corrected chi connectivity index (χ4v) is 5.35. The maximum Gasteiger partial charge on any atom is 0.456 e. The number of unbranched alkanes of at least 4 members (excludes halogenated alkanes) is 1. The van der Waals surface area contributed by atoms with Gasteiger partial charge in [-0.05, 0) is 56.1 Å². The van der Waals surface area contributed by atoms with Gasteiger partial charge >= 0.3 is 6.18 Å². The standard InChI is InChI=1S/C26H34F3N3O3/c1-4-5-16-35-21-8-6-19(17-22(21)34-3)18-31-12-10-25(11-13-31)23-9-7-20(24(33)26(27,28)29)32(23)15-14-30(25)2/h6-9,17H,4-5,10-16,18H2,1-3H3. The Labute approximate surface area is 204 Å². The summed E-state index contributed by atoms with van der Waals surface area (Å²) in [6.07, 6.45) is -1.25. The SMILES string of the molecule is CCCCOc1ccc(CN2CCC3(CC2)c2ccc(C(=O)C(F)(F)F)n2CCN3C)cc1OC. The van der Waals surface area contributed by atoms with Crippen molar-refractivity contribution in [2.24, 2.45) is 0 Å². The van der Waals surface area contributed by atoms with Crippen LogP contribution in [-0.2, 0) is 18.6 Å². The van der Waals surface area contributed by atoms with E-state index >= 15 is 0 Å². The van der Waals surface area contributed by atoms with Crippen LogP contribution in [0.15, 0.2) is 30.3 Å². The van der Waals surface area contributed by atoms with Crippen LogP contribution in [0.2, 0.25) is 0 Å². The van der Waals surface area contributed by atoms with Crippen molar-refractivity contribution < 1.29 is 27.4 Å². The molecule has 35 heavy (non-hydrogen) atoms. The number of likely N-dealkylation sites (tertiary alicyclic amines) is 1. The molecule has 0 amide bonds. The van der Waals surface area contributed by atoms with E-state index in [1.807, 2.05) is 19.2 Å². The first-order chi connectivity index (χ1) is 16.7. The number of alkyl halides is 3. The lowest BCUT2D eigenvalue weighted by Gasteiger charge is -2.50. The van der Waals surface area contributed by atoms with Crippen LogP contribution in [0.4, 0.5) is 13.2 Å². The Morgan fingerprint density at radius 2 is 1.80 bits per heavy atom. The lowest BCUT2D eigenvalue weighted by atomic mass is 9.81. The number of rotatable bonds is 8. The number of piperidine rings is 1. The van der Waals surface area contributed by atoms with Crippen LogP contribution in [0.3, 0.4) is 0 Å². The average molecular weight is 494 g/mol. The highest BCUT2D eigenvalue weighted by Gasteiger charge is 2.47. The molecule has 2 aliphatic heterocycles. The topological polar surface area (TPSA) is 46.9 Å². The number of carbonyl (C=O) groups excluding carboxylic acids is 1. The summed E-state index contributed by atoms with van der Waals surface area (Å²) in [5.41, 5.74) is 1.32. The van der Waals surface area contributed by atoms with Gasteiger partial charge in [0.25, 0.3) is 5.78 Å². The summed E-state index contributed by atoms with van der Waals surface area (Å²) in [6.45, 7) is 6.13. The Hall–Kier alpha value is -2.52. The maximum absolute atomic E-state index is 13.1. The predicted molar refractivity (Wildman–Crippen MR) is 127 cm³/mol. The molecule has 2 aromatic rings. The van der Waals surface area contributed by atoms with Gasteiger partial charge in [-0.15, -0.1) is 0 Å². The number of fused-ring (bicyclic) bond motifs is 2. The summed E-state index contributed by atoms with van der Waals surface area (Å²) in [6, 6.07) is 9.08. The third-order valence-corrected chi connectivity index (χ3v) is 7.41. The largest absolute Gasteiger partial charge is 0.493 e. The second-order valence-electron chi connectivity index (χ2n) is 9.50. The zero-order valence-electron chi connectivity index (χ0n) is 20.7. The van der Waals surface area contributed by atoms with Gasteiger partial charge in [0.2, 0.25) is 0 Å². The van der Waals surface area contributed by atoms with Crippen LogP contribution in [0.1, 0.15) is 54.4 Å². The zero-order chi connectivity index (χ0) is 25.2. The van der Waals surface area contributed by atoms with Crippen molar-refractivity contribution in [1.82, 2.24) is 14.4 Å². The van der Waals surface area contributed by atoms with Crippen molar-refractivity contribution in [3.63, 3.8) is 0 Å². The molecule has 192 valence electrons. The van der Waals surface area contributed by atoms with Gasteiger partial charge in [0, 0.05) is 38.4 Å². The summed E-state index contributed by atoms with van der Waals surface area (Å²) < 4.78 is 52.3. The van der Waals surface area contributed by atoms with Crippen LogP contribution in [0.5, 0.6) is 11.5 Å². The summed E-state index contributed by atoms with van der Waals surface area (Å²) in [5.74, 6) is -0.299. The quantitative estimate of drug-likeness (QED) is 0.388. The molecule has 1 aromatic carbocycles. The molecule has 0 bridgehead atoms. The van der Waals surface area contributed by atoms with E-state index < -0.39 is 12.0 Å². The summed E-state index contributed by atoms with van der Waals surface area (Å²) in [5, 5.41) is 0. The van der Waals surface area contributed by atoms with Gasteiger partial charge in [-0.3, -0.25) is 14.6 Å². The fraction of sp³-hybridized carbons (Fsp3) is 0.577. The maximum atomic E-state index is 13.1. The number of methoxy groups -OCH3 is 1. The van der Waals surface area contributed by atoms with E-state index in [0.29, 0.717) is 19.7 Å². The Morgan fingerprint density at radius 3 is 2.46 bits per heavy atom. The van der Waals surface area contributed by atoms with Gasteiger partial charge in [-0.25, -0.2) is 0 Å². The second-order valence-corrected chi connectivity index (χ2v) is 9.50. The molecule has 2 aliphatic rings. The van der Waals surface area contributed by atoms with Crippen LogP contribution >= 0.6 is 0 Å². The molecule has 1 fully saturated rings. The Balaban J connectivity index is 1.46. The summed E-state index contributed by atoms with van der Waals surface area (Å²) in [4.78, 5) is 16.6. The highest BCUT2D eigenvalue weighted by molar-refractivity contribution is 5.99. The number of halogens is 3. The van der Waals surface area contributed by atoms with Gasteiger partial charge < -0.3 is 14.0 Å². The lowest BCUT2D eigenvalue weighted by Crippen LogP contribution is -2.56. The zero-order valence-corrected chi connectivity index (χ0v) is 20.7. The third-order valence-electron chi connectivity index (χ3n) is 7.41. The summed E-state index contributed by atoms with van der Waals surface area (Å²) in [7, 11) is 3.67. The van der Waals surface area contributed by atoms with E-state index in [0.717, 1.165) is 68.1 Å². The highest BCUT2D eigenvalue weighted by Crippen LogP contribution is 2.42. The predicted octanol–water partition coefficient (Wildman–Crippen LogP) is 4.86. The smallest absolute Gasteiger partial charge is 0.456 e. The van der Waals surface area contributed by atoms with E-state index in [4.69, 9.17) is 9.47 Å². The van der Waals surface area contributed by atoms with Crippen LogP contribution in [-0.4, -0.2) is 66.7 Å².